The van der Waals surface area contributed by atoms with Gasteiger partial charge in [-0.3, -0.25) is 0 Å². The van der Waals surface area contributed by atoms with Gasteiger partial charge in [0, 0.05) is 12.6 Å². The molecule has 0 aliphatic heterocycles. The number of aliphatic hydroxyl groups is 1. The second-order valence-corrected chi connectivity index (χ2v) is 4.34. The van der Waals surface area contributed by atoms with Crippen molar-refractivity contribution < 1.29 is 5.11 Å². The quantitative estimate of drug-likeness (QED) is 0.792. The zero-order valence-electron chi connectivity index (χ0n) is 10.1. The van der Waals surface area contributed by atoms with Gasteiger partial charge in [-0.2, -0.15) is 0 Å². The van der Waals surface area contributed by atoms with E-state index in [1.54, 1.807) is 0 Å². The standard InChI is InChI=1S/C13H21NO/c1-9-5-10(2)13(11(3)6-9)7-14-12(4)8-15/h5-6,12,14-15H,7-8H2,1-4H3/t12-/m1/s1. The minimum absolute atomic E-state index is 0.158. The van der Waals surface area contributed by atoms with Gasteiger partial charge in [0.1, 0.15) is 0 Å². The average Bonchev–Trinajstić information content (AvgIpc) is 2.15. The Kier molecular flexibility index (Phi) is 4.30. The summed E-state index contributed by atoms with van der Waals surface area (Å²) in [5, 5.41) is 12.2. The third-order valence-electron chi connectivity index (χ3n) is 2.74. The molecule has 0 saturated heterocycles. The SMILES string of the molecule is Cc1cc(C)c(CN[C@H](C)CO)c(C)c1. The third-order valence-corrected chi connectivity index (χ3v) is 2.74. The average molecular weight is 207 g/mol. The molecule has 0 unspecified atom stereocenters. The number of hydrogen-bond donors (Lipinski definition) is 2. The lowest BCUT2D eigenvalue weighted by Gasteiger charge is -2.15. The first-order valence-electron chi connectivity index (χ1n) is 5.45. The zero-order valence-corrected chi connectivity index (χ0v) is 10.1. The van der Waals surface area contributed by atoms with E-state index in [0.717, 1.165) is 6.54 Å². The number of aryl methyl sites for hydroxylation is 3. The van der Waals surface area contributed by atoms with E-state index in [4.69, 9.17) is 5.11 Å². The first kappa shape index (κ1) is 12.2. The van der Waals surface area contributed by atoms with Crippen LogP contribution in [0.3, 0.4) is 0 Å². The topological polar surface area (TPSA) is 32.3 Å². The second kappa shape index (κ2) is 5.29. The van der Waals surface area contributed by atoms with Gasteiger partial charge in [-0.05, 0) is 44.4 Å². The third kappa shape index (κ3) is 3.33. The summed E-state index contributed by atoms with van der Waals surface area (Å²) in [6.45, 7) is 9.40. The van der Waals surface area contributed by atoms with Crippen LogP contribution in [0, 0.1) is 20.8 Å². The van der Waals surface area contributed by atoms with Crippen LogP contribution in [0.1, 0.15) is 29.2 Å². The van der Waals surface area contributed by atoms with Crippen molar-refractivity contribution >= 4 is 0 Å². The van der Waals surface area contributed by atoms with Gasteiger partial charge in [0.05, 0.1) is 6.61 Å². The number of benzene rings is 1. The van der Waals surface area contributed by atoms with Gasteiger partial charge >= 0.3 is 0 Å². The van der Waals surface area contributed by atoms with Crippen molar-refractivity contribution in [2.45, 2.75) is 40.3 Å². The lowest BCUT2D eigenvalue weighted by Crippen LogP contribution is -2.29. The first-order valence-corrected chi connectivity index (χ1v) is 5.45. The molecule has 0 aromatic heterocycles. The molecule has 2 N–H and O–H groups in total. The second-order valence-electron chi connectivity index (χ2n) is 4.34. The van der Waals surface area contributed by atoms with Gasteiger partial charge < -0.3 is 10.4 Å². The molecule has 0 aliphatic carbocycles. The minimum atomic E-state index is 0.158. The highest BCUT2D eigenvalue weighted by atomic mass is 16.3. The van der Waals surface area contributed by atoms with Crippen LogP contribution >= 0.6 is 0 Å². The summed E-state index contributed by atoms with van der Waals surface area (Å²) >= 11 is 0. The summed E-state index contributed by atoms with van der Waals surface area (Å²) in [6.07, 6.45) is 0. The smallest absolute Gasteiger partial charge is 0.0582 e. The summed E-state index contributed by atoms with van der Waals surface area (Å²) in [5.74, 6) is 0. The van der Waals surface area contributed by atoms with Gasteiger partial charge in [0.2, 0.25) is 0 Å². The van der Waals surface area contributed by atoms with Gasteiger partial charge in [-0.1, -0.05) is 17.7 Å². The molecule has 15 heavy (non-hydrogen) atoms. The molecule has 0 saturated carbocycles. The number of rotatable bonds is 4. The number of aliphatic hydroxyl groups excluding tert-OH is 1. The van der Waals surface area contributed by atoms with E-state index in [2.05, 4.69) is 38.2 Å². The van der Waals surface area contributed by atoms with E-state index in [9.17, 15) is 0 Å². The molecule has 2 heteroatoms. The predicted octanol–water partition coefficient (Wildman–Crippen LogP) is 2.08. The maximum Gasteiger partial charge on any atom is 0.0582 e. The highest BCUT2D eigenvalue weighted by molar-refractivity contribution is 5.37. The van der Waals surface area contributed by atoms with Gasteiger partial charge in [0.25, 0.3) is 0 Å². The van der Waals surface area contributed by atoms with Crippen LogP contribution in [0.15, 0.2) is 12.1 Å². The molecule has 84 valence electrons. The van der Waals surface area contributed by atoms with Crippen LogP contribution in [-0.4, -0.2) is 17.8 Å². The van der Waals surface area contributed by atoms with Crippen LogP contribution in [-0.2, 0) is 6.54 Å². The normalized spacial score (nSPS) is 12.9. The van der Waals surface area contributed by atoms with Gasteiger partial charge in [-0.15, -0.1) is 0 Å². The summed E-state index contributed by atoms with van der Waals surface area (Å²) in [7, 11) is 0. The summed E-state index contributed by atoms with van der Waals surface area (Å²) in [4.78, 5) is 0. The Morgan fingerprint density at radius 3 is 2.20 bits per heavy atom. The van der Waals surface area contributed by atoms with E-state index in [1.807, 2.05) is 6.92 Å². The van der Waals surface area contributed by atoms with Crippen LogP contribution in [0.5, 0.6) is 0 Å². The molecule has 1 rings (SSSR count). The van der Waals surface area contributed by atoms with Crippen molar-refractivity contribution in [2.75, 3.05) is 6.61 Å². The maximum atomic E-state index is 8.93. The van der Waals surface area contributed by atoms with E-state index < -0.39 is 0 Å². The van der Waals surface area contributed by atoms with E-state index >= 15 is 0 Å². The molecule has 0 heterocycles. The molecule has 1 atom stereocenters. The van der Waals surface area contributed by atoms with Crippen molar-refractivity contribution in [1.29, 1.82) is 0 Å². The molecular formula is C13H21NO. The maximum absolute atomic E-state index is 8.93. The highest BCUT2D eigenvalue weighted by Gasteiger charge is 2.05. The number of nitrogens with one attached hydrogen (secondary N) is 1. The fraction of sp³-hybridized carbons (Fsp3) is 0.538. The van der Waals surface area contributed by atoms with E-state index in [0.29, 0.717) is 0 Å². The Morgan fingerprint density at radius 1 is 1.20 bits per heavy atom. The Labute approximate surface area is 92.3 Å². The van der Waals surface area contributed by atoms with Crippen LogP contribution < -0.4 is 5.32 Å². The van der Waals surface area contributed by atoms with Crippen LogP contribution in [0.4, 0.5) is 0 Å². The summed E-state index contributed by atoms with van der Waals surface area (Å²) in [5.41, 5.74) is 5.31. The zero-order chi connectivity index (χ0) is 11.4. The first-order chi connectivity index (χ1) is 7.04. The van der Waals surface area contributed by atoms with Crippen molar-refractivity contribution in [3.05, 3.63) is 34.4 Å². The van der Waals surface area contributed by atoms with Crippen molar-refractivity contribution in [3.8, 4) is 0 Å². The van der Waals surface area contributed by atoms with Crippen molar-refractivity contribution in [2.24, 2.45) is 0 Å². The molecular weight excluding hydrogens is 186 g/mol. The lowest BCUT2D eigenvalue weighted by molar-refractivity contribution is 0.251. The fourth-order valence-corrected chi connectivity index (χ4v) is 1.83. The Balaban J connectivity index is 2.77. The van der Waals surface area contributed by atoms with Gasteiger partial charge in [0.15, 0.2) is 0 Å². The highest BCUT2D eigenvalue weighted by Crippen LogP contribution is 2.16. The minimum Gasteiger partial charge on any atom is -0.395 e. The van der Waals surface area contributed by atoms with Crippen LogP contribution in [0.25, 0.3) is 0 Å². The summed E-state index contributed by atoms with van der Waals surface area (Å²) < 4.78 is 0. The predicted molar refractivity (Wildman–Crippen MR) is 64.0 cm³/mol. The van der Waals surface area contributed by atoms with Crippen LogP contribution in [0.2, 0.25) is 0 Å². The fourth-order valence-electron chi connectivity index (χ4n) is 1.83. The summed E-state index contributed by atoms with van der Waals surface area (Å²) in [6, 6.07) is 4.56. The molecule has 0 spiro atoms. The Bertz CT molecular complexity index is 310. The van der Waals surface area contributed by atoms with Crippen molar-refractivity contribution in [3.63, 3.8) is 0 Å². The largest absolute Gasteiger partial charge is 0.395 e. The lowest BCUT2D eigenvalue weighted by atomic mass is 10.00. The molecule has 1 aromatic carbocycles. The molecule has 0 fully saturated rings. The van der Waals surface area contributed by atoms with E-state index in [1.165, 1.54) is 22.3 Å². The molecule has 0 bridgehead atoms. The molecule has 2 nitrogen and oxygen atoms in total. The van der Waals surface area contributed by atoms with Gasteiger partial charge in [-0.25, -0.2) is 0 Å². The molecule has 1 aromatic rings. The Morgan fingerprint density at radius 2 is 1.73 bits per heavy atom. The Hall–Kier alpha value is -0.860. The van der Waals surface area contributed by atoms with Crippen molar-refractivity contribution in [1.82, 2.24) is 5.32 Å². The monoisotopic (exact) mass is 207 g/mol. The van der Waals surface area contributed by atoms with E-state index in [-0.39, 0.29) is 12.6 Å². The molecule has 0 amide bonds. The molecule has 0 aliphatic rings. The molecule has 0 radical (unpaired) electrons. The number of hydrogen-bond acceptors (Lipinski definition) is 2.